The summed E-state index contributed by atoms with van der Waals surface area (Å²) in [4.78, 5) is 106. The van der Waals surface area contributed by atoms with E-state index in [9.17, 15) is 33.6 Å². The molecule has 0 radical (unpaired) electrons. The molecule has 0 saturated carbocycles. The van der Waals surface area contributed by atoms with Crippen LogP contribution in [-0.2, 0) is 32.2 Å². The first-order chi connectivity index (χ1) is 37.2. The molecule has 0 spiro atoms. The molecule has 19 heteroatoms. The maximum absolute atomic E-state index is 14.0. The quantitative estimate of drug-likeness (QED) is 0.0597. The molecule has 0 aliphatic carbocycles. The lowest BCUT2D eigenvalue weighted by molar-refractivity contribution is -0.136. The molecule has 4 fully saturated rings. The van der Waals surface area contributed by atoms with Crippen LogP contribution in [-0.4, -0.2) is 189 Å². The van der Waals surface area contributed by atoms with Crippen molar-refractivity contribution in [2.24, 2.45) is 0 Å². The Labute approximate surface area is 452 Å². The van der Waals surface area contributed by atoms with E-state index in [1.807, 2.05) is 32.9 Å². The van der Waals surface area contributed by atoms with Gasteiger partial charge in [-0.05, 0) is 99.0 Å². The largest absolute Gasteiger partial charge is 0.383 e. The van der Waals surface area contributed by atoms with Gasteiger partial charge >= 0.3 is 0 Å². The number of hydrogen-bond donors (Lipinski definition) is 5. The van der Waals surface area contributed by atoms with Crippen LogP contribution in [0, 0.1) is 20.8 Å². The summed E-state index contributed by atoms with van der Waals surface area (Å²) in [5.41, 5.74) is 8.64. The highest BCUT2D eigenvalue weighted by Crippen LogP contribution is 2.34. The van der Waals surface area contributed by atoms with Crippen molar-refractivity contribution >= 4 is 47.2 Å². The maximum atomic E-state index is 14.0. The summed E-state index contributed by atoms with van der Waals surface area (Å²) in [5, 5.41) is 11.8. The Morgan fingerprint density at radius 3 is 2.13 bits per heavy atom. The Hall–Kier alpha value is -6.77. The lowest BCUT2D eigenvalue weighted by Crippen LogP contribution is -2.53. The summed E-state index contributed by atoms with van der Waals surface area (Å²) < 4.78 is 5.71. The van der Waals surface area contributed by atoms with Crippen LogP contribution in [0.1, 0.15) is 91.6 Å². The van der Waals surface area contributed by atoms with Gasteiger partial charge < -0.3 is 35.5 Å². The van der Waals surface area contributed by atoms with E-state index in [2.05, 4.69) is 88.0 Å². The number of hydrogen-bond acceptors (Lipinski definition) is 14. The number of imide groups is 1. The molecule has 5 N–H and O–H groups in total. The number of H-pyrrole nitrogens is 1. The molecular weight excluding hydrogens is 979 g/mol. The minimum atomic E-state index is -0.802. The van der Waals surface area contributed by atoms with Crippen LogP contribution >= 0.6 is 0 Å². The van der Waals surface area contributed by atoms with Gasteiger partial charge in [0.25, 0.3) is 17.4 Å². The van der Waals surface area contributed by atoms with Crippen LogP contribution < -0.4 is 31.7 Å². The van der Waals surface area contributed by atoms with Crippen molar-refractivity contribution in [3.8, 4) is 11.1 Å². The molecule has 412 valence electrons. The number of aromatic nitrogens is 1. The van der Waals surface area contributed by atoms with Gasteiger partial charge in [-0.3, -0.25) is 58.5 Å². The Morgan fingerprint density at radius 1 is 0.792 bits per heavy atom. The highest BCUT2D eigenvalue weighted by Gasteiger charge is 2.34. The predicted octanol–water partition coefficient (Wildman–Crippen LogP) is 3.56. The van der Waals surface area contributed by atoms with E-state index in [1.54, 1.807) is 18.2 Å². The number of likely N-dealkylation sites (N-methyl/N-ethyl adjacent to an activating group) is 1. The third kappa shape index (κ3) is 14.4. The number of nitrogens with one attached hydrogen (secondary N) is 5. The lowest BCUT2D eigenvalue weighted by Gasteiger charge is -2.37. The number of amides is 5. The number of aldehydes is 1. The number of pyridine rings is 1. The number of anilines is 2. The number of nitrogens with zero attached hydrogens (tertiary/aromatic N) is 6. The minimum absolute atomic E-state index is 0.0323. The highest BCUT2D eigenvalue weighted by molar-refractivity contribution is 6.09. The minimum Gasteiger partial charge on any atom is -0.383 e. The van der Waals surface area contributed by atoms with E-state index >= 15 is 0 Å². The second-order valence-corrected chi connectivity index (χ2v) is 20.9. The Balaban J connectivity index is 0.763. The topological polar surface area (TPSA) is 212 Å². The van der Waals surface area contributed by atoms with Crippen molar-refractivity contribution in [1.82, 2.24) is 45.4 Å². The number of rotatable bonds is 21. The summed E-state index contributed by atoms with van der Waals surface area (Å²) in [6.45, 7) is 20.8. The van der Waals surface area contributed by atoms with Gasteiger partial charge in [0.05, 0.1) is 12.1 Å². The molecule has 1 aromatic heterocycles. The average molecular weight is 1060 g/mol. The third-order valence-corrected chi connectivity index (χ3v) is 15.7. The maximum Gasteiger partial charge on any atom is 0.257 e. The van der Waals surface area contributed by atoms with Gasteiger partial charge in [-0.1, -0.05) is 36.4 Å². The predicted molar refractivity (Wildman–Crippen MR) is 297 cm³/mol. The zero-order chi connectivity index (χ0) is 54.6. The second kappa shape index (κ2) is 26.5. The zero-order valence-electron chi connectivity index (χ0n) is 45.5. The van der Waals surface area contributed by atoms with Crippen molar-refractivity contribution in [3.05, 3.63) is 116 Å². The van der Waals surface area contributed by atoms with E-state index in [1.165, 1.54) is 17.5 Å². The first-order valence-electron chi connectivity index (χ1n) is 27.3. The number of benzene rings is 3. The van der Waals surface area contributed by atoms with Crippen molar-refractivity contribution in [3.63, 3.8) is 0 Å². The molecule has 5 amide bonds. The number of aryl methyl sites for hydroxylation is 2. The molecule has 1 atom stereocenters. The first kappa shape index (κ1) is 56.4. The van der Waals surface area contributed by atoms with E-state index in [0.29, 0.717) is 62.0 Å². The summed E-state index contributed by atoms with van der Waals surface area (Å²) in [7, 11) is 1.52. The zero-order valence-corrected chi connectivity index (χ0v) is 45.5. The molecule has 5 heterocycles. The molecule has 19 nitrogen and oxygen atoms in total. The lowest BCUT2D eigenvalue weighted by atomic mass is 9.94. The fourth-order valence-electron chi connectivity index (χ4n) is 11.2. The van der Waals surface area contributed by atoms with Crippen LogP contribution in [0.4, 0.5) is 11.4 Å². The van der Waals surface area contributed by atoms with Crippen molar-refractivity contribution in [2.45, 2.75) is 78.6 Å². The van der Waals surface area contributed by atoms with Gasteiger partial charge in [-0.25, -0.2) is 0 Å². The van der Waals surface area contributed by atoms with Crippen LogP contribution in [0.25, 0.3) is 11.1 Å². The second-order valence-electron chi connectivity index (χ2n) is 20.9. The molecule has 4 aliphatic rings. The summed E-state index contributed by atoms with van der Waals surface area (Å²) in [5.74, 6) is -1.53. The third-order valence-electron chi connectivity index (χ3n) is 15.7. The fraction of sp³-hybridized carbons (Fsp3) is 0.500. The Kier molecular flexibility index (Phi) is 19.4. The molecule has 77 heavy (non-hydrogen) atoms. The van der Waals surface area contributed by atoms with Crippen LogP contribution in [0.3, 0.4) is 0 Å². The molecule has 8 rings (SSSR count). The van der Waals surface area contributed by atoms with Gasteiger partial charge in [-0.15, -0.1) is 0 Å². The molecule has 4 saturated heterocycles. The number of ether oxygens (including phenoxy) is 1. The van der Waals surface area contributed by atoms with Gasteiger partial charge in [-0.2, -0.15) is 0 Å². The first-order valence-corrected chi connectivity index (χ1v) is 27.3. The average Bonchev–Trinajstić information content (AvgIpc) is 3.43. The SMILES string of the molecule is CCN(c1cc(-c2ccc(CN3CCN(CC(=O)NCCN4CCN(CCNc5cccc(C=O)c5C(=O)N(C)C5CCC(=O)NC5=O)CC4)CC3)cc2)cc(C(=O)NCc2c(C)cc(C)[nH]c2=O)c1C)C1CCOCC1. The molecule has 1 unspecified atom stereocenters. The van der Waals surface area contributed by atoms with E-state index in [-0.39, 0.29) is 53.8 Å². The smallest absolute Gasteiger partial charge is 0.257 e. The highest BCUT2D eigenvalue weighted by atomic mass is 16.5. The number of piperazine rings is 2. The van der Waals surface area contributed by atoms with Crippen LogP contribution in [0.5, 0.6) is 0 Å². The number of carbonyl (C=O) groups excluding carboxylic acids is 6. The number of carbonyl (C=O) groups is 6. The summed E-state index contributed by atoms with van der Waals surface area (Å²) >= 11 is 0. The molecule has 4 aromatic rings. The standard InChI is InChI=1S/C58H77N11O8/c1-6-69(46-16-30-77-31-17-46)51-34-45(33-47(41(51)4)55(73)61-35-48-39(2)32-40(3)62-56(48)74)43-12-10-42(11-13-43)36-67-26-28-68(29-27-67)37-53(72)60-19-21-66-24-22-65(23-25-66)20-18-59-49-9-7-8-44(38-70)54(49)58(76)64(5)50-14-15-52(71)63-57(50)75/h7-13,32-34,38,46,50,59H,6,14-31,35-37H2,1-5H3,(H,60,72)(H,61,73)(H,62,74)(H,63,71,75). The number of piperidine rings is 1. The van der Waals surface area contributed by atoms with Crippen LogP contribution in [0.15, 0.2) is 65.5 Å². The molecule has 3 aromatic carbocycles. The van der Waals surface area contributed by atoms with Gasteiger partial charge in [0, 0.05) is 165 Å². The Bertz CT molecular complexity index is 2820. The van der Waals surface area contributed by atoms with Crippen LogP contribution in [0.2, 0.25) is 0 Å². The van der Waals surface area contributed by atoms with Gasteiger partial charge in [0.15, 0.2) is 6.29 Å². The van der Waals surface area contributed by atoms with E-state index in [4.69, 9.17) is 4.74 Å². The van der Waals surface area contributed by atoms with Gasteiger partial charge in [0.2, 0.25) is 17.7 Å². The van der Waals surface area contributed by atoms with Crippen molar-refractivity contribution in [2.75, 3.05) is 122 Å². The summed E-state index contributed by atoms with van der Waals surface area (Å²) in [6, 6.07) is 19.3. The van der Waals surface area contributed by atoms with Gasteiger partial charge in [0.1, 0.15) is 6.04 Å². The van der Waals surface area contributed by atoms with E-state index < -0.39 is 17.9 Å². The summed E-state index contributed by atoms with van der Waals surface area (Å²) in [6.07, 6.45) is 2.85. The molecular formula is C58H77N11O8. The Morgan fingerprint density at radius 2 is 1.47 bits per heavy atom. The van der Waals surface area contributed by atoms with Crippen molar-refractivity contribution in [1.29, 1.82) is 0 Å². The normalized spacial score (nSPS) is 18.1. The molecule has 0 bridgehead atoms. The van der Waals surface area contributed by atoms with E-state index in [0.717, 1.165) is 125 Å². The molecule has 4 aliphatic heterocycles. The number of aromatic amines is 1. The monoisotopic (exact) mass is 1060 g/mol. The fourth-order valence-corrected chi connectivity index (χ4v) is 11.2. The van der Waals surface area contributed by atoms with Crippen molar-refractivity contribution < 1.29 is 33.5 Å².